The summed E-state index contributed by atoms with van der Waals surface area (Å²) in [5.41, 5.74) is 0. The topological polar surface area (TPSA) is 21.3 Å². The van der Waals surface area contributed by atoms with Crippen molar-refractivity contribution in [3.63, 3.8) is 0 Å². The van der Waals surface area contributed by atoms with Gasteiger partial charge >= 0.3 is 0 Å². The average molecular weight is 215 g/mol. The summed E-state index contributed by atoms with van der Waals surface area (Å²) in [6, 6.07) is 0. The molecule has 0 fully saturated rings. The zero-order valence-electron chi connectivity index (χ0n) is 10.8. The van der Waals surface area contributed by atoms with Crippen molar-refractivity contribution in [1.29, 1.82) is 0 Å². The van der Waals surface area contributed by atoms with Crippen LogP contribution in [0.3, 0.4) is 0 Å². The highest BCUT2D eigenvalue weighted by molar-refractivity contribution is 4.52. The molecule has 0 heterocycles. The van der Waals surface area contributed by atoms with Gasteiger partial charge in [-0.15, -0.1) is 0 Å². The van der Waals surface area contributed by atoms with E-state index in [0.717, 1.165) is 13.2 Å². The molecule has 0 rings (SSSR count). The van der Waals surface area contributed by atoms with Crippen molar-refractivity contribution in [2.24, 2.45) is 0 Å². The predicted molar refractivity (Wildman–Crippen MR) is 67.3 cm³/mol. The highest BCUT2D eigenvalue weighted by Crippen LogP contribution is 2.08. The Morgan fingerprint density at radius 2 is 1.87 bits per heavy atom. The molecule has 0 spiro atoms. The lowest BCUT2D eigenvalue weighted by molar-refractivity contribution is 0.0561. The largest absolute Gasteiger partial charge is 0.379 e. The Labute approximate surface area is 95.8 Å². The minimum absolute atomic E-state index is 0.455. The molecule has 92 valence electrons. The summed E-state index contributed by atoms with van der Waals surface area (Å²) in [6.07, 6.45) is 9.46. The zero-order chi connectivity index (χ0) is 11.4. The fraction of sp³-hybridized carbons (Fsp3) is 1.00. The van der Waals surface area contributed by atoms with Crippen LogP contribution in [0.15, 0.2) is 0 Å². The maximum Gasteiger partial charge on any atom is 0.0547 e. The quantitative estimate of drug-likeness (QED) is 0.534. The Morgan fingerprint density at radius 1 is 1.07 bits per heavy atom. The maximum absolute atomic E-state index is 5.74. The first-order valence-electron chi connectivity index (χ1n) is 6.57. The maximum atomic E-state index is 5.74. The number of ether oxygens (including phenoxy) is 1. The smallest absolute Gasteiger partial charge is 0.0547 e. The Morgan fingerprint density at radius 3 is 2.53 bits per heavy atom. The van der Waals surface area contributed by atoms with Crippen LogP contribution in [0.25, 0.3) is 0 Å². The van der Waals surface area contributed by atoms with Crippen LogP contribution in [-0.2, 0) is 4.74 Å². The third-order valence-electron chi connectivity index (χ3n) is 2.69. The highest BCUT2D eigenvalue weighted by Gasteiger charge is 2.01. The van der Waals surface area contributed by atoms with Crippen molar-refractivity contribution in [3.05, 3.63) is 0 Å². The van der Waals surface area contributed by atoms with Crippen LogP contribution in [0.1, 0.15) is 58.8 Å². The van der Waals surface area contributed by atoms with Crippen LogP contribution in [-0.4, -0.2) is 26.3 Å². The molecule has 1 unspecified atom stereocenters. The fourth-order valence-electron chi connectivity index (χ4n) is 1.63. The van der Waals surface area contributed by atoms with E-state index >= 15 is 0 Å². The van der Waals surface area contributed by atoms with E-state index in [0.29, 0.717) is 6.10 Å². The van der Waals surface area contributed by atoms with E-state index < -0.39 is 0 Å². The Balaban J connectivity index is 3.08. The molecule has 0 aliphatic rings. The molecule has 0 aliphatic heterocycles. The summed E-state index contributed by atoms with van der Waals surface area (Å²) < 4.78 is 5.74. The Bertz CT molecular complexity index is 117. The SMILES string of the molecule is CCCCCCC(C)OCCCCNC. The standard InChI is InChI=1S/C13H29NO/c1-4-5-6-7-10-13(2)15-12-9-8-11-14-3/h13-14H,4-12H2,1-3H3. The van der Waals surface area contributed by atoms with Crippen LogP contribution < -0.4 is 5.32 Å². The van der Waals surface area contributed by atoms with Gasteiger partial charge in [-0.2, -0.15) is 0 Å². The lowest BCUT2D eigenvalue weighted by atomic mass is 10.1. The molecule has 0 radical (unpaired) electrons. The van der Waals surface area contributed by atoms with E-state index in [2.05, 4.69) is 19.2 Å². The normalized spacial score (nSPS) is 13.0. The van der Waals surface area contributed by atoms with Crippen LogP contribution in [0.4, 0.5) is 0 Å². The Hall–Kier alpha value is -0.0800. The third-order valence-corrected chi connectivity index (χ3v) is 2.69. The van der Waals surface area contributed by atoms with Gasteiger partial charge < -0.3 is 10.1 Å². The summed E-state index contributed by atoms with van der Waals surface area (Å²) in [6.45, 7) is 6.48. The van der Waals surface area contributed by atoms with Gasteiger partial charge in [0.1, 0.15) is 0 Å². The summed E-state index contributed by atoms with van der Waals surface area (Å²) in [5, 5.41) is 3.15. The molecule has 0 saturated carbocycles. The molecule has 1 N–H and O–H groups in total. The molecule has 0 saturated heterocycles. The number of nitrogens with one attached hydrogen (secondary N) is 1. The molecule has 0 aliphatic carbocycles. The van der Waals surface area contributed by atoms with Gasteiger partial charge in [0, 0.05) is 6.61 Å². The van der Waals surface area contributed by atoms with Gasteiger partial charge in [-0.1, -0.05) is 32.6 Å². The van der Waals surface area contributed by atoms with Crippen molar-refractivity contribution < 1.29 is 4.74 Å². The van der Waals surface area contributed by atoms with Gasteiger partial charge in [0.15, 0.2) is 0 Å². The van der Waals surface area contributed by atoms with Crippen molar-refractivity contribution in [1.82, 2.24) is 5.32 Å². The molecule has 2 heteroatoms. The highest BCUT2D eigenvalue weighted by atomic mass is 16.5. The second-order valence-electron chi connectivity index (χ2n) is 4.34. The lowest BCUT2D eigenvalue weighted by Gasteiger charge is -2.12. The average Bonchev–Trinajstić information content (AvgIpc) is 2.24. The number of unbranched alkanes of at least 4 members (excludes halogenated alkanes) is 4. The molecule has 0 bridgehead atoms. The zero-order valence-corrected chi connectivity index (χ0v) is 10.8. The van der Waals surface area contributed by atoms with E-state index in [1.54, 1.807) is 0 Å². The van der Waals surface area contributed by atoms with Crippen molar-refractivity contribution in [2.75, 3.05) is 20.2 Å². The molecule has 2 nitrogen and oxygen atoms in total. The summed E-state index contributed by atoms with van der Waals surface area (Å²) in [7, 11) is 2.00. The lowest BCUT2D eigenvalue weighted by Crippen LogP contribution is -2.12. The van der Waals surface area contributed by atoms with Gasteiger partial charge in [-0.05, 0) is 39.8 Å². The Kier molecular flexibility index (Phi) is 11.9. The van der Waals surface area contributed by atoms with Gasteiger partial charge in [-0.25, -0.2) is 0 Å². The number of hydrogen-bond acceptors (Lipinski definition) is 2. The molecular formula is C13H29NO. The van der Waals surface area contributed by atoms with E-state index in [9.17, 15) is 0 Å². The van der Waals surface area contributed by atoms with Crippen molar-refractivity contribution in [2.45, 2.75) is 64.9 Å². The van der Waals surface area contributed by atoms with Gasteiger partial charge in [-0.3, -0.25) is 0 Å². The van der Waals surface area contributed by atoms with Crippen molar-refractivity contribution in [3.8, 4) is 0 Å². The van der Waals surface area contributed by atoms with E-state index in [1.165, 1.54) is 44.9 Å². The van der Waals surface area contributed by atoms with E-state index in [1.807, 2.05) is 7.05 Å². The molecule has 0 aromatic rings. The predicted octanol–water partition coefficient (Wildman–Crippen LogP) is 3.36. The number of rotatable bonds is 11. The first-order chi connectivity index (χ1) is 7.31. The second kappa shape index (κ2) is 12.0. The van der Waals surface area contributed by atoms with Crippen LogP contribution >= 0.6 is 0 Å². The van der Waals surface area contributed by atoms with Crippen LogP contribution in [0, 0.1) is 0 Å². The summed E-state index contributed by atoms with van der Waals surface area (Å²) in [4.78, 5) is 0. The van der Waals surface area contributed by atoms with Gasteiger partial charge in [0.2, 0.25) is 0 Å². The van der Waals surface area contributed by atoms with Gasteiger partial charge in [0.25, 0.3) is 0 Å². The first-order valence-corrected chi connectivity index (χ1v) is 6.57. The minimum atomic E-state index is 0.455. The fourth-order valence-corrected chi connectivity index (χ4v) is 1.63. The monoisotopic (exact) mass is 215 g/mol. The second-order valence-corrected chi connectivity index (χ2v) is 4.34. The third kappa shape index (κ3) is 11.8. The first kappa shape index (κ1) is 14.9. The molecule has 1 atom stereocenters. The molecule has 0 aromatic carbocycles. The van der Waals surface area contributed by atoms with Crippen molar-refractivity contribution >= 4 is 0 Å². The van der Waals surface area contributed by atoms with Gasteiger partial charge in [0.05, 0.1) is 6.10 Å². The van der Waals surface area contributed by atoms with E-state index in [4.69, 9.17) is 4.74 Å². The summed E-state index contributed by atoms with van der Waals surface area (Å²) >= 11 is 0. The summed E-state index contributed by atoms with van der Waals surface area (Å²) in [5.74, 6) is 0. The van der Waals surface area contributed by atoms with Crippen LogP contribution in [0.2, 0.25) is 0 Å². The molecule has 0 aromatic heterocycles. The minimum Gasteiger partial charge on any atom is -0.379 e. The number of hydrogen-bond donors (Lipinski definition) is 1. The molecule has 15 heavy (non-hydrogen) atoms. The van der Waals surface area contributed by atoms with E-state index in [-0.39, 0.29) is 0 Å². The molecular weight excluding hydrogens is 186 g/mol. The van der Waals surface area contributed by atoms with Crippen LogP contribution in [0.5, 0.6) is 0 Å². The molecule has 0 amide bonds.